The van der Waals surface area contributed by atoms with Crippen molar-refractivity contribution in [2.75, 3.05) is 6.54 Å². The molecule has 0 saturated carbocycles. The van der Waals surface area contributed by atoms with Gasteiger partial charge in [-0.05, 0) is 31.4 Å². The van der Waals surface area contributed by atoms with Crippen LogP contribution in [0, 0.1) is 5.92 Å². The molecule has 1 atom stereocenters. The van der Waals surface area contributed by atoms with E-state index >= 15 is 0 Å². The molecule has 9 heteroatoms. The van der Waals surface area contributed by atoms with Gasteiger partial charge in [-0.25, -0.2) is 4.68 Å². The molecule has 1 heterocycles. The molecule has 26 heavy (non-hydrogen) atoms. The van der Waals surface area contributed by atoms with Gasteiger partial charge in [-0.2, -0.15) is 13.2 Å². The lowest BCUT2D eigenvalue weighted by Crippen LogP contribution is -2.52. The molecule has 0 fully saturated rings. The average molecular weight is 369 g/mol. The van der Waals surface area contributed by atoms with Gasteiger partial charge in [-0.3, -0.25) is 4.79 Å². The number of halogens is 3. The van der Waals surface area contributed by atoms with Gasteiger partial charge in [0.1, 0.15) is 0 Å². The topological polar surface area (TPSA) is 85.8 Å². The van der Waals surface area contributed by atoms with E-state index in [1.165, 1.54) is 24.4 Å². The second-order valence-corrected chi connectivity index (χ2v) is 6.88. The van der Waals surface area contributed by atoms with Crippen LogP contribution in [0.15, 0.2) is 30.5 Å². The third kappa shape index (κ3) is 4.60. The number of nitrogens with zero attached hydrogens (tertiary/aromatic N) is 3. The van der Waals surface area contributed by atoms with Gasteiger partial charge >= 0.3 is 6.18 Å². The Morgan fingerprint density at radius 1 is 1.31 bits per heavy atom. The van der Waals surface area contributed by atoms with Crippen LogP contribution in [-0.4, -0.2) is 33.0 Å². The summed E-state index contributed by atoms with van der Waals surface area (Å²) in [6, 6.07) is 4.96. The van der Waals surface area contributed by atoms with Crippen molar-refractivity contribution in [1.82, 2.24) is 20.3 Å². The predicted molar refractivity (Wildman–Crippen MR) is 90.7 cm³/mol. The fraction of sp³-hybridized carbons (Fsp3) is 0.471. The van der Waals surface area contributed by atoms with Crippen molar-refractivity contribution in [1.29, 1.82) is 0 Å². The molecule has 1 amide bonds. The Bertz CT molecular complexity index is 772. The van der Waals surface area contributed by atoms with E-state index in [-0.39, 0.29) is 17.9 Å². The zero-order valence-corrected chi connectivity index (χ0v) is 14.8. The summed E-state index contributed by atoms with van der Waals surface area (Å²) in [6.07, 6.45) is -2.72. The van der Waals surface area contributed by atoms with E-state index in [1.807, 2.05) is 20.8 Å². The highest BCUT2D eigenvalue weighted by atomic mass is 19.4. The molecule has 1 aromatic carbocycles. The third-order valence-electron chi connectivity index (χ3n) is 3.91. The second kappa shape index (κ2) is 7.45. The molecule has 3 N–H and O–H groups in total. The maximum absolute atomic E-state index is 13.1. The highest BCUT2D eigenvalue weighted by molar-refractivity contribution is 5.92. The zero-order valence-electron chi connectivity index (χ0n) is 14.8. The first-order valence-corrected chi connectivity index (χ1v) is 8.17. The number of nitrogens with two attached hydrogens (primary N) is 1. The van der Waals surface area contributed by atoms with Crippen molar-refractivity contribution in [2.24, 2.45) is 11.7 Å². The first kappa shape index (κ1) is 19.9. The van der Waals surface area contributed by atoms with Crippen LogP contribution in [0.25, 0.3) is 5.69 Å². The molecule has 0 saturated heterocycles. The molecule has 0 aliphatic carbocycles. The monoisotopic (exact) mass is 369 g/mol. The minimum absolute atomic E-state index is 0.0783. The van der Waals surface area contributed by atoms with Crippen LogP contribution < -0.4 is 11.1 Å². The van der Waals surface area contributed by atoms with Crippen LogP contribution in [0.5, 0.6) is 0 Å². The summed E-state index contributed by atoms with van der Waals surface area (Å²) in [5, 5.41) is 10.2. The van der Waals surface area contributed by atoms with Crippen molar-refractivity contribution in [3.63, 3.8) is 0 Å². The lowest BCUT2D eigenvalue weighted by Gasteiger charge is -2.30. The maximum atomic E-state index is 13.1. The fourth-order valence-corrected chi connectivity index (χ4v) is 2.82. The predicted octanol–water partition coefficient (Wildman–Crippen LogP) is 2.78. The third-order valence-corrected chi connectivity index (χ3v) is 3.91. The van der Waals surface area contributed by atoms with Crippen molar-refractivity contribution < 1.29 is 18.0 Å². The number of alkyl halides is 3. The van der Waals surface area contributed by atoms with Crippen LogP contribution >= 0.6 is 0 Å². The lowest BCUT2D eigenvalue weighted by molar-refractivity contribution is -0.137. The van der Waals surface area contributed by atoms with E-state index in [0.29, 0.717) is 12.3 Å². The van der Waals surface area contributed by atoms with Crippen LogP contribution in [0.2, 0.25) is 0 Å². The smallest absolute Gasteiger partial charge is 0.344 e. The van der Waals surface area contributed by atoms with Crippen LogP contribution in [0.1, 0.15) is 43.2 Å². The molecule has 0 spiro atoms. The zero-order chi connectivity index (χ0) is 19.5. The Morgan fingerprint density at radius 2 is 1.96 bits per heavy atom. The quantitative estimate of drug-likeness (QED) is 0.820. The highest BCUT2D eigenvalue weighted by Gasteiger charge is 2.34. The Morgan fingerprint density at radius 3 is 2.54 bits per heavy atom. The van der Waals surface area contributed by atoms with E-state index < -0.39 is 23.2 Å². The summed E-state index contributed by atoms with van der Waals surface area (Å²) in [7, 11) is 0. The largest absolute Gasteiger partial charge is 0.418 e. The summed E-state index contributed by atoms with van der Waals surface area (Å²) in [5.41, 5.74) is 3.99. The first-order chi connectivity index (χ1) is 12.1. The number of hydrogen-bond acceptors (Lipinski definition) is 4. The summed E-state index contributed by atoms with van der Waals surface area (Å²) in [4.78, 5) is 12.4. The molecular weight excluding hydrogens is 347 g/mol. The number of nitrogens with one attached hydrogen (secondary N) is 1. The molecule has 0 radical (unpaired) electrons. The molecule has 0 aliphatic heterocycles. The van der Waals surface area contributed by atoms with Gasteiger partial charge in [-0.15, -0.1) is 5.10 Å². The standard InChI is InChI=1S/C17H22F3N5O/c1-11(2)8-16(3,10-21)22-15(26)13-9-25(24-23-13)14-7-5-4-6-12(14)17(18,19)20/h4-7,9,11H,8,10,21H2,1-3H3,(H,22,26). The summed E-state index contributed by atoms with van der Waals surface area (Å²) in [6.45, 7) is 6.05. The van der Waals surface area contributed by atoms with E-state index in [1.54, 1.807) is 0 Å². The number of carbonyl (C=O) groups is 1. The SMILES string of the molecule is CC(C)CC(C)(CN)NC(=O)c1cn(-c2ccccc2C(F)(F)F)nn1. The number of carbonyl (C=O) groups excluding carboxylic acids is 1. The normalized spacial score (nSPS) is 14.3. The number of hydrogen-bond donors (Lipinski definition) is 2. The van der Waals surface area contributed by atoms with Crippen molar-refractivity contribution in [3.05, 3.63) is 41.7 Å². The lowest BCUT2D eigenvalue weighted by atomic mass is 9.90. The van der Waals surface area contributed by atoms with Gasteiger partial charge in [0.2, 0.25) is 0 Å². The number of benzene rings is 1. The summed E-state index contributed by atoms with van der Waals surface area (Å²) in [5.74, 6) is -0.229. The van der Waals surface area contributed by atoms with Crippen LogP contribution in [-0.2, 0) is 6.18 Å². The van der Waals surface area contributed by atoms with Gasteiger partial charge in [0.05, 0.1) is 23.0 Å². The molecular formula is C17H22F3N5O. The molecule has 142 valence electrons. The Labute approximate surface area is 149 Å². The Hall–Kier alpha value is -2.42. The second-order valence-electron chi connectivity index (χ2n) is 6.88. The summed E-state index contributed by atoms with van der Waals surface area (Å²) < 4.78 is 40.3. The highest BCUT2D eigenvalue weighted by Crippen LogP contribution is 2.33. The number of rotatable bonds is 6. The molecule has 2 aromatic rings. The van der Waals surface area contributed by atoms with Crippen LogP contribution in [0.3, 0.4) is 0 Å². The molecule has 1 aromatic heterocycles. The van der Waals surface area contributed by atoms with Gasteiger partial charge in [0, 0.05) is 6.54 Å². The van der Waals surface area contributed by atoms with Crippen molar-refractivity contribution in [3.8, 4) is 5.69 Å². The van der Waals surface area contributed by atoms with Crippen molar-refractivity contribution in [2.45, 2.75) is 38.9 Å². The Kier molecular flexibility index (Phi) is 5.70. The van der Waals surface area contributed by atoms with Gasteiger partial charge in [0.25, 0.3) is 5.91 Å². The average Bonchev–Trinajstić information content (AvgIpc) is 3.03. The maximum Gasteiger partial charge on any atom is 0.418 e. The van der Waals surface area contributed by atoms with Crippen LogP contribution in [0.4, 0.5) is 13.2 Å². The molecule has 0 bridgehead atoms. The molecule has 1 unspecified atom stereocenters. The summed E-state index contributed by atoms with van der Waals surface area (Å²) >= 11 is 0. The molecule has 6 nitrogen and oxygen atoms in total. The number of aromatic nitrogens is 3. The minimum atomic E-state index is -4.54. The van der Waals surface area contributed by atoms with Gasteiger partial charge in [0.15, 0.2) is 5.69 Å². The van der Waals surface area contributed by atoms with Crippen molar-refractivity contribution >= 4 is 5.91 Å². The molecule has 0 aliphatic rings. The van der Waals surface area contributed by atoms with E-state index in [0.717, 1.165) is 10.7 Å². The number of para-hydroxylation sites is 1. The minimum Gasteiger partial charge on any atom is -0.344 e. The van der Waals surface area contributed by atoms with Gasteiger partial charge in [-0.1, -0.05) is 31.2 Å². The van der Waals surface area contributed by atoms with Gasteiger partial charge < -0.3 is 11.1 Å². The fourth-order valence-electron chi connectivity index (χ4n) is 2.82. The first-order valence-electron chi connectivity index (χ1n) is 8.17. The Balaban J connectivity index is 2.27. The van der Waals surface area contributed by atoms with E-state index in [4.69, 9.17) is 5.73 Å². The molecule has 2 rings (SSSR count). The number of amides is 1. The van der Waals surface area contributed by atoms with E-state index in [2.05, 4.69) is 15.6 Å². The van der Waals surface area contributed by atoms with E-state index in [9.17, 15) is 18.0 Å².